The Balaban J connectivity index is 1.74. The molecular weight excluding hydrogens is 400 g/mol. The first kappa shape index (κ1) is 18.7. The number of carbonyl (C=O) groups is 1. The lowest BCUT2D eigenvalue weighted by Gasteiger charge is -2.28. The molecule has 4 heteroatoms. The summed E-state index contributed by atoms with van der Waals surface area (Å²) in [4.78, 5) is 17.3. The number of nitrogens with zero attached hydrogens (tertiary/aromatic N) is 2. The fraction of sp³-hybridized carbons (Fsp3) is 0.435. The molecule has 2 aromatic carbocycles. The molecule has 2 aliphatic rings. The predicted molar refractivity (Wildman–Crippen MR) is 113 cm³/mol. The van der Waals surface area contributed by atoms with Gasteiger partial charge in [-0.05, 0) is 46.7 Å². The van der Waals surface area contributed by atoms with E-state index in [4.69, 9.17) is 0 Å². The molecule has 0 spiro atoms. The van der Waals surface area contributed by atoms with Crippen molar-refractivity contribution < 1.29 is 4.79 Å². The quantitative estimate of drug-likeness (QED) is 0.628. The molecule has 4 rings (SSSR count). The van der Waals surface area contributed by atoms with E-state index in [1.807, 2.05) is 17.0 Å². The molecular formula is C23H27BrN2O. The van der Waals surface area contributed by atoms with Gasteiger partial charge in [-0.2, -0.15) is 0 Å². The van der Waals surface area contributed by atoms with Gasteiger partial charge >= 0.3 is 0 Å². The van der Waals surface area contributed by atoms with Crippen LogP contribution in [0.25, 0.3) is 0 Å². The Morgan fingerprint density at radius 1 is 1.04 bits per heavy atom. The average Bonchev–Trinajstić information content (AvgIpc) is 3.15. The van der Waals surface area contributed by atoms with Gasteiger partial charge in [0.05, 0.1) is 0 Å². The zero-order valence-corrected chi connectivity index (χ0v) is 18.1. The third kappa shape index (κ3) is 3.13. The molecule has 2 aliphatic heterocycles. The summed E-state index contributed by atoms with van der Waals surface area (Å²) < 4.78 is 1.04. The van der Waals surface area contributed by atoms with Crippen LogP contribution in [0.5, 0.6) is 0 Å². The highest BCUT2D eigenvalue weighted by Gasteiger charge is 2.44. The van der Waals surface area contributed by atoms with E-state index in [1.54, 1.807) is 0 Å². The van der Waals surface area contributed by atoms with Gasteiger partial charge in [0.15, 0.2) is 0 Å². The summed E-state index contributed by atoms with van der Waals surface area (Å²) in [6.07, 6.45) is 0.0604. The topological polar surface area (TPSA) is 23.6 Å². The molecule has 0 aromatic heterocycles. The van der Waals surface area contributed by atoms with Crippen molar-refractivity contribution in [2.75, 3.05) is 13.1 Å². The molecule has 142 valence electrons. The van der Waals surface area contributed by atoms with E-state index < -0.39 is 0 Å². The summed E-state index contributed by atoms with van der Waals surface area (Å²) in [6.45, 7) is 11.7. The van der Waals surface area contributed by atoms with Crippen molar-refractivity contribution in [2.24, 2.45) is 0 Å². The predicted octanol–water partition coefficient (Wildman–Crippen LogP) is 5.67. The molecule has 0 radical (unpaired) electrons. The van der Waals surface area contributed by atoms with Crippen molar-refractivity contribution in [3.63, 3.8) is 0 Å². The van der Waals surface area contributed by atoms with Crippen LogP contribution in [-0.2, 0) is 6.54 Å². The summed E-state index contributed by atoms with van der Waals surface area (Å²) in [7, 11) is 0. The minimum Gasteiger partial charge on any atom is -0.317 e. The first-order chi connectivity index (χ1) is 12.9. The van der Waals surface area contributed by atoms with Crippen LogP contribution in [0.2, 0.25) is 0 Å². The van der Waals surface area contributed by atoms with Gasteiger partial charge in [0.2, 0.25) is 0 Å². The average molecular weight is 427 g/mol. The zero-order valence-electron chi connectivity index (χ0n) is 16.5. The van der Waals surface area contributed by atoms with Crippen LogP contribution >= 0.6 is 15.9 Å². The highest BCUT2D eigenvalue weighted by molar-refractivity contribution is 9.10. The lowest BCUT2D eigenvalue weighted by atomic mass is 9.88. The highest BCUT2D eigenvalue weighted by Crippen LogP contribution is 2.42. The maximum atomic E-state index is 12.8. The maximum absolute atomic E-state index is 12.8. The van der Waals surface area contributed by atoms with Gasteiger partial charge in [-0.25, -0.2) is 0 Å². The molecule has 0 saturated carbocycles. The first-order valence-corrected chi connectivity index (χ1v) is 10.6. The van der Waals surface area contributed by atoms with Crippen molar-refractivity contribution in [3.05, 3.63) is 68.7 Å². The van der Waals surface area contributed by atoms with Gasteiger partial charge < -0.3 is 4.90 Å². The lowest BCUT2D eigenvalue weighted by Crippen LogP contribution is -2.28. The Morgan fingerprint density at radius 2 is 1.70 bits per heavy atom. The summed E-state index contributed by atoms with van der Waals surface area (Å²) >= 11 is 3.58. The summed E-state index contributed by atoms with van der Waals surface area (Å²) in [5, 5.41) is 0. The van der Waals surface area contributed by atoms with Crippen LogP contribution in [0, 0.1) is 0 Å². The highest BCUT2D eigenvalue weighted by atomic mass is 79.9. The third-order valence-corrected chi connectivity index (χ3v) is 6.40. The van der Waals surface area contributed by atoms with Crippen LogP contribution in [-0.4, -0.2) is 28.8 Å². The molecule has 3 nitrogen and oxygen atoms in total. The Morgan fingerprint density at radius 3 is 2.33 bits per heavy atom. The summed E-state index contributed by atoms with van der Waals surface area (Å²) in [5.41, 5.74) is 6.30. The molecule has 1 amide bonds. The normalized spacial score (nSPS) is 19.3. The van der Waals surface area contributed by atoms with Crippen molar-refractivity contribution >= 4 is 21.8 Å². The van der Waals surface area contributed by atoms with E-state index in [0.29, 0.717) is 11.8 Å². The van der Waals surface area contributed by atoms with Crippen LogP contribution in [0.15, 0.2) is 40.9 Å². The molecule has 1 fully saturated rings. The SMILES string of the molecule is CC(C)c1cccc(C(C)C)c1CN1CCN2C(=O)c3ccc(Br)cc3C12. The van der Waals surface area contributed by atoms with Crippen molar-refractivity contribution in [3.8, 4) is 0 Å². The van der Waals surface area contributed by atoms with Crippen molar-refractivity contribution in [1.29, 1.82) is 0 Å². The van der Waals surface area contributed by atoms with Gasteiger partial charge in [-0.15, -0.1) is 0 Å². The van der Waals surface area contributed by atoms with E-state index >= 15 is 0 Å². The Kier molecular flexibility index (Phi) is 4.89. The Bertz CT molecular complexity index is 864. The molecule has 1 saturated heterocycles. The number of fused-ring (bicyclic) bond motifs is 3. The van der Waals surface area contributed by atoms with Crippen molar-refractivity contribution in [1.82, 2.24) is 9.80 Å². The van der Waals surface area contributed by atoms with Crippen LogP contribution in [0.3, 0.4) is 0 Å². The number of hydrogen-bond acceptors (Lipinski definition) is 2. The van der Waals surface area contributed by atoms with E-state index in [2.05, 4.69) is 72.8 Å². The molecule has 0 aliphatic carbocycles. The number of hydrogen-bond donors (Lipinski definition) is 0. The molecule has 27 heavy (non-hydrogen) atoms. The van der Waals surface area contributed by atoms with Crippen LogP contribution in [0.1, 0.15) is 78.3 Å². The zero-order chi connectivity index (χ0) is 19.3. The minimum absolute atomic E-state index is 0.0604. The second-order valence-corrected chi connectivity index (χ2v) is 9.21. The number of rotatable bonds is 4. The van der Waals surface area contributed by atoms with Gasteiger partial charge in [-0.1, -0.05) is 61.8 Å². The fourth-order valence-electron chi connectivity index (χ4n) is 4.61. The van der Waals surface area contributed by atoms with Gasteiger partial charge in [0, 0.05) is 35.2 Å². The monoisotopic (exact) mass is 426 g/mol. The Hall–Kier alpha value is -1.65. The van der Waals surface area contributed by atoms with Gasteiger partial charge in [0.25, 0.3) is 5.91 Å². The minimum atomic E-state index is 0.0604. The summed E-state index contributed by atoms with van der Waals surface area (Å²) in [5.74, 6) is 1.15. The third-order valence-electron chi connectivity index (χ3n) is 5.91. The van der Waals surface area contributed by atoms with E-state index in [1.165, 1.54) is 16.7 Å². The van der Waals surface area contributed by atoms with Gasteiger partial charge in [0.1, 0.15) is 6.17 Å². The van der Waals surface area contributed by atoms with Gasteiger partial charge in [-0.3, -0.25) is 9.69 Å². The molecule has 2 aromatic rings. The molecule has 1 unspecified atom stereocenters. The second-order valence-electron chi connectivity index (χ2n) is 8.30. The van der Waals surface area contributed by atoms with E-state index in [-0.39, 0.29) is 12.1 Å². The number of amides is 1. The molecule has 2 heterocycles. The van der Waals surface area contributed by atoms with Crippen LogP contribution in [0.4, 0.5) is 0 Å². The first-order valence-electron chi connectivity index (χ1n) is 9.84. The van der Waals surface area contributed by atoms with E-state index in [9.17, 15) is 4.79 Å². The van der Waals surface area contributed by atoms with Crippen molar-refractivity contribution in [2.45, 2.75) is 52.2 Å². The fourth-order valence-corrected chi connectivity index (χ4v) is 4.99. The molecule has 0 bridgehead atoms. The molecule has 1 atom stereocenters. The molecule has 0 N–H and O–H groups in total. The summed E-state index contributed by atoms with van der Waals surface area (Å²) in [6, 6.07) is 12.8. The smallest absolute Gasteiger partial charge is 0.255 e. The number of carbonyl (C=O) groups excluding carboxylic acids is 1. The standard InChI is InChI=1S/C23H27BrN2O/c1-14(2)17-6-5-7-18(15(3)4)21(17)13-25-10-11-26-22(25)20-12-16(24)8-9-19(20)23(26)27/h5-9,12,14-15,22H,10-11,13H2,1-4H3. The van der Waals surface area contributed by atoms with E-state index in [0.717, 1.165) is 35.2 Å². The van der Waals surface area contributed by atoms with Crippen LogP contribution < -0.4 is 0 Å². The largest absolute Gasteiger partial charge is 0.317 e. The second kappa shape index (κ2) is 7.06. The number of benzene rings is 2. The lowest BCUT2D eigenvalue weighted by molar-refractivity contribution is 0.0693. The Labute approximate surface area is 170 Å². The number of halogens is 1. The maximum Gasteiger partial charge on any atom is 0.255 e.